The second-order valence-corrected chi connectivity index (χ2v) is 6.54. The highest BCUT2D eigenvalue weighted by molar-refractivity contribution is 5.87. The van der Waals surface area contributed by atoms with E-state index >= 15 is 0 Å². The van der Waals surface area contributed by atoms with Crippen LogP contribution in [0, 0.1) is 11.8 Å². The molecule has 6 heteroatoms. The van der Waals surface area contributed by atoms with Gasteiger partial charge in [-0.2, -0.15) is 0 Å². The Hall–Kier alpha value is -1.14. The molecule has 0 aromatic carbocycles. The molecule has 0 aliphatic rings. The van der Waals surface area contributed by atoms with Gasteiger partial charge in [0.2, 0.25) is 11.8 Å². The number of carbonyl (C=O) groups is 2. The molecular formula is C15H32N4O2. The molecule has 0 rings (SSSR count). The second kappa shape index (κ2) is 9.73. The van der Waals surface area contributed by atoms with Gasteiger partial charge >= 0.3 is 0 Å². The van der Waals surface area contributed by atoms with Crippen LogP contribution in [0.4, 0.5) is 0 Å². The van der Waals surface area contributed by atoms with Gasteiger partial charge in [-0.15, -0.1) is 0 Å². The van der Waals surface area contributed by atoms with Crippen molar-refractivity contribution in [2.75, 3.05) is 27.2 Å². The Morgan fingerprint density at radius 2 is 1.67 bits per heavy atom. The van der Waals surface area contributed by atoms with Gasteiger partial charge in [0.25, 0.3) is 0 Å². The number of hydrogen-bond acceptors (Lipinski definition) is 4. The van der Waals surface area contributed by atoms with Gasteiger partial charge in [0.05, 0.1) is 12.6 Å². The van der Waals surface area contributed by atoms with E-state index in [2.05, 4.69) is 29.4 Å². The van der Waals surface area contributed by atoms with Crippen molar-refractivity contribution in [2.45, 2.75) is 46.2 Å². The smallest absolute Gasteiger partial charge is 0.239 e. The summed E-state index contributed by atoms with van der Waals surface area (Å²) in [7, 11) is 4.01. The van der Waals surface area contributed by atoms with Gasteiger partial charge in [-0.05, 0) is 32.4 Å². The molecule has 2 amide bonds. The highest BCUT2D eigenvalue weighted by Gasteiger charge is 2.18. The number of nitrogens with one attached hydrogen (secondary N) is 2. The molecule has 0 aliphatic carbocycles. The zero-order valence-electron chi connectivity index (χ0n) is 14.3. The van der Waals surface area contributed by atoms with Crippen molar-refractivity contribution in [3.05, 3.63) is 0 Å². The summed E-state index contributed by atoms with van der Waals surface area (Å²) in [4.78, 5) is 25.5. The summed E-state index contributed by atoms with van der Waals surface area (Å²) in [6.45, 7) is 8.62. The van der Waals surface area contributed by atoms with Crippen molar-refractivity contribution < 1.29 is 9.59 Å². The fourth-order valence-corrected chi connectivity index (χ4v) is 1.90. The van der Waals surface area contributed by atoms with Crippen LogP contribution in [-0.2, 0) is 9.59 Å². The Morgan fingerprint density at radius 3 is 2.10 bits per heavy atom. The molecule has 0 aromatic rings. The molecule has 1 unspecified atom stereocenters. The molecular weight excluding hydrogens is 268 g/mol. The maximum atomic E-state index is 11.8. The first-order chi connectivity index (χ1) is 9.65. The van der Waals surface area contributed by atoms with Gasteiger partial charge in [0.15, 0.2) is 0 Å². The van der Waals surface area contributed by atoms with E-state index in [-0.39, 0.29) is 24.3 Å². The Kier molecular flexibility index (Phi) is 9.21. The van der Waals surface area contributed by atoms with Crippen LogP contribution in [0.15, 0.2) is 0 Å². The summed E-state index contributed by atoms with van der Waals surface area (Å²) in [5.41, 5.74) is 5.71. The lowest BCUT2D eigenvalue weighted by molar-refractivity contribution is -0.127. The van der Waals surface area contributed by atoms with E-state index in [9.17, 15) is 9.59 Å². The summed E-state index contributed by atoms with van der Waals surface area (Å²) in [5.74, 6) is 0.150. The molecule has 124 valence electrons. The highest BCUT2D eigenvalue weighted by atomic mass is 16.2. The van der Waals surface area contributed by atoms with E-state index in [0.29, 0.717) is 18.5 Å². The van der Waals surface area contributed by atoms with Crippen molar-refractivity contribution >= 4 is 11.8 Å². The Morgan fingerprint density at radius 1 is 1.10 bits per heavy atom. The number of nitrogens with zero attached hydrogens (tertiary/aromatic N) is 1. The first-order valence-corrected chi connectivity index (χ1v) is 7.61. The highest BCUT2D eigenvalue weighted by Crippen LogP contribution is 2.07. The molecule has 4 N–H and O–H groups in total. The predicted molar refractivity (Wildman–Crippen MR) is 85.8 cm³/mol. The van der Waals surface area contributed by atoms with Gasteiger partial charge in [-0.1, -0.05) is 27.7 Å². The molecule has 21 heavy (non-hydrogen) atoms. The molecule has 0 fully saturated rings. The van der Waals surface area contributed by atoms with E-state index < -0.39 is 6.04 Å². The van der Waals surface area contributed by atoms with Crippen molar-refractivity contribution in [1.29, 1.82) is 0 Å². The lowest BCUT2D eigenvalue weighted by Crippen LogP contribution is -2.48. The lowest BCUT2D eigenvalue weighted by atomic mass is 10.0. The van der Waals surface area contributed by atoms with E-state index in [4.69, 9.17) is 5.73 Å². The molecule has 0 aromatic heterocycles. The summed E-state index contributed by atoms with van der Waals surface area (Å²) < 4.78 is 0. The number of carbonyl (C=O) groups excluding carboxylic acids is 2. The molecule has 6 nitrogen and oxygen atoms in total. The van der Waals surface area contributed by atoms with E-state index in [1.165, 1.54) is 0 Å². The van der Waals surface area contributed by atoms with Gasteiger partial charge in [0, 0.05) is 12.6 Å². The predicted octanol–water partition coefficient (Wildman–Crippen LogP) is 0.178. The number of likely N-dealkylation sites (N-methyl/N-ethyl adjacent to an activating group) is 1. The van der Waals surface area contributed by atoms with Crippen LogP contribution in [-0.4, -0.2) is 56.0 Å². The fraction of sp³-hybridized carbons (Fsp3) is 0.867. The summed E-state index contributed by atoms with van der Waals surface area (Å²) in [6.07, 6.45) is 1.01. The molecule has 2 atom stereocenters. The lowest BCUT2D eigenvalue weighted by Gasteiger charge is -2.26. The number of hydrogen-bond donors (Lipinski definition) is 3. The minimum Gasteiger partial charge on any atom is -0.353 e. The van der Waals surface area contributed by atoms with Crippen LogP contribution in [0.2, 0.25) is 0 Å². The van der Waals surface area contributed by atoms with E-state index in [0.717, 1.165) is 6.42 Å². The third-order valence-corrected chi connectivity index (χ3v) is 3.45. The molecule has 0 saturated carbocycles. The van der Waals surface area contributed by atoms with Crippen LogP contribution >= 0.6 is 0 Å². The number of rotatable bonds is 9. The number of nitrogens with two attached hydrogens (primary N) is 1. The molecule has 0 heterocycles. The minimum atomic E-state index is -0.576. The van der Waals surface area contributed by atoms with Crippen LogP contribution in [0.5, 0.6) is 0 Å². The van der Waals surface area contributed by atoms with Crippen LogP contribution in [0.3, 0.4) is 0 Å². The third kappa shape index (κ3) is 8.67. The number of amides is 2. The molecule has 0 saturated heterocycles. The van der Waals surface area contributed by atoms with Gasteiger partial charge < -0.3 is 21.3 Å². The van der Waals surface area contributed by atoms with E-state index in [1.54, 1.807) is 0 Å². The SMILES string of the molecule is CC(C)CC(CNC(=O)CNC(=O)[C@@H](N)C(C)C)N(C)C. The zero-order valence-corrected chi connectivity index (χ0v) is 14.3. The standard InChI is InChI=1S/C15H32N4O2/c1-10(2)7-12(19(5)6)8-17-13(20)9-18-15(21)14(16)11(3)4/h10-12,14H,7-9,16H2,1-6H3,(H,17,20)(H,18,21)/t12?,14-/m0/s1. The second-order valence-electron chi connectivity index (χ2n) is 6.54. The summed E-state index contributed by atoms with van der Waals surface area (Å²) in [5, 5.41) is 5.42. The Labute approximate surface area is 128 Å². The molecule has 0 bridgehead atoms. The Balaban J connectivity index is 4.11. The zero-order chi connectivity index (χ0) is 16.6. The third-order valence-electron chi connectivity index (χ3n) is 3.45. The topological polar surface area (TPSA) is 87.5 Å². The van der Waals surface area contributed by atoms with Crippen LogP contribution in [0.1, 0.15) is 34.1 Å². The first kappa shape index (κ1) is 19.9. The maximum Gasteiger partial charge on any atom is 0.239 e. The monoisotopic (exact) mass is 300 g/mol. The van der Waals surface area contributed by atoms with Crippen molar-refractivity contribution in [3.63, 3.8) is 0 Å². The summed E-state index contributed by atoms with van der Waals surface area (Å²) >= 11 is 0. The summed E-state index contributed by atoms with van der Waals surface area (Å²) in [6, 6.07) is -0.282. The van der Waals surface area contributed by atoms with Crippen molar-refractivity contribution in [1.82, 2.24) is 15.5 Å². The quantitative estimate of drug-likeness (QED) is 0.567. The first-order valence-electron chi connectivity index (χ1n) is 7.61. The van der Waals surface area contributed by atoms with Crippen LogP contribution < -0.4 is 16.4 Å². The van der Waals surface area contributed by atoms with Gasteiger partial charge in [-0.25, -0.2) is 0 Å². The van der Waals surface area contributed by atoms with Crippen molar-refractivity contribution in [2.24, 2.45) is 17.6 Å². The van der Waals surface area contributed by atoms with Crippen molar-refractivity contribution in [3.8, 4) is 0 Å². The van der Waals surface area contributed by atoms with Crippen LogP contribution in [0.25, 0.3) is 0 Å². The molecule has 0 spiro atoms. The average molecular weight is 300 g/mol. The fourth-order valence-electron chi connectivity index (χ4n) is 1.90. The Bertz CT molecular complexity index is 330. The van der Waals surface area contributed by atoms with Gasteiger partial charge in [0.1, 0.15) is 0 Å². The largest absolute Gasteiger partial charge is 0.353 e. The molecule has 0 aliphatic heterocycles. The minimum absolute atomic E-state index is 0.0267. The molecule has 0 radical (unpaired) electrons. The van der Waals surface area contributed by atoms with E-state index in [1.807, 2.05) is 27.9 Å². The average Bonchev–Trinajstić information content (AvgIpc) is 2.38. The van der Waals surface area contributed by atoms with Gasteiger partial charge in [-0.3, -0.25) is 9.59 Å². The maximum absolute atomic E-state index is 11.8. The normalized spacial score (nSPS) is 14.4.